The average Bonchev–Trinajstić information content (AvgIpc) is 3.13. The van der Waals surface area contributed by atoms with E-state index in [9.17, 15) is 4.79 Å². The number of hydrogen-bond acceptors (Lipinski definition) is 4. The van der Waals surface area contributed by atoms with Crippen LogP contribution < -0.4 is 10.6 Å². The van der Waals surface area contributed by atoms with Crippen LogP contribution >= 0.6 is 11.6 Å². The van der Waals surface area contributed by atoms with E-state index in [0.29, 0.717) is 28.8 Å². The standard InChI is InChI=1S/C21H18ClN5O/c22-16-5-7-17(8-6-16)27-20(28)15-12-25-21(26-13-15)23-10-9-14-11-24-19-4-2-1-3-18(14)19/h1-8,11-13,24H,9-10H2,(H,27,28)(H,23,25,26). The van der Waals surface area contributed by atoms with E-state index in [4.69, 9.17) is 11.6 Å². The number of H-pyrrole nitrogens is 1. The maximum atomic E-state index is 12.3. The molecule has 0 spiro atoms. The van der Waals surface area contributed by atoms with E-state index in [1.807, 2.05) is 18.3 Å². The van der Waals surface area contributed by atoms with Crippen molar-refractivity contribution in [2.75, 3.05) is 17.2 Å². The summed E-state index contributed by atoms with van der Waals surface area (Å²) in [7, 11) is 0. The van der Waals surface area contributed by atoms with Crippen molar-refractivity contribution >= 4 is 40.0 Å². The molecule has 0 radical (unpaired) electrons. The zero-order valence-corrected chi connectivity index (χ0v) is 15.7. The molecule has 0 saturated heterocycles. The third-order valence-electron chi connectivity index (χ3n) is 4.37. The quantitative estimate of drug-likeness (QED) is 0.451. The predicted octanol–water partition coefficient (Wildman–Crippen LogP) is 4.52. The smallest absolute Gasteiger partial charge is 0.258 e. The molecule has 4 rings (SSSR count). The van der Waals surface area contributed by atoms with Crippen molar-refractivity contribution in [3.05, 3.63) is 83.3 Å². The fraction of sp³-hybridized carbons (Fsp3) is 0.0952. The van der Waals surface area contributed by atoms with Gasteiger partial charge in [-0.25, -0.2) is 9.97 Å². The van der Waals surface area contributed by atoms with Gasteiger partial charge in [-0.1, -0.05) is 29.8 Å². The van der Waals surface area contributed by atoms with Gasteiger partial charge in [-0.05, 0) is 42.3 Å². The molecule has 0 aliphatic heterocycles. The van der Waals surface area contributed by atoms with E-state index in [2.05, 4.69) is 37.7 Å². The topological polar surface area (TPSA) is 82.7 Å². The minimum Gasteiger partial charge on any atom is -0.361 e. The molecule has 0 fully saturated rings. The molecule has 0 unspecified atom stereocenters. The zero-order chi connectivity index (χ0) is 19.3. The minimum absolute atomic E-state index is 0.271. The van der Waals surface area contributed by atoms with E-state index < -0.39 is 0 Å². The van der Waals surface area contributed by atoms with Crippen LogP contribution in [0.25, 0.3) is 10.9 Å². The summed E-state index contributed by atoms with van der Waals surface area (Å²) in [6, 6.07) is 15.1. The lowest BCUT2D eigenvalue weighted by Gasteiger charge is -2.07. The van der Waals surface area contributed by atoms with Crippen molar-refractivity contribution in [2.45, 2.75) is 6.42 Å². The molecule has 3 N–H and O–H groups in total. The molecule has 0 atom stereocenters. The van der Waals surface area contributed by atoms with Crippen LogP contribution in [0.15, 0.2) is 67.1 Å². The highest BCUT2D eigenvalue weighted by Crippen LogP contribution is 2.18. The Bertz CT molecular complexity index is 1090. The van der Waals surface area contributed by atoms with Gasteiger partial charge in [0.05, 0.1) is 5.56 Å². The number of aromatic amines is 1. The number of hydrogen-bond donors (Lipinski definition) is 3. The first-order chi connectivity index (χ1) is 13.7. The van der Waals surface area contributed by atoms with Crippen molar-refractivity contribution in [3.8, 4) is 0 Å². The fourth-order valence-corrected chi connectivity index (χ4v) is 3.05. The molecule has 0 saturated carbocycles. The molecule has 4 aromatic rings. The normalized spacial score (nSPS) is 10.8. The number of carbonyl (C=O) groups excluding carboxylic acids is 1. The van der Waals surface area contributed by atoms with Gasteiger partial charge in [-0.2, -0.15) is 0 Å². The maximum absolute atomic E-state index is 12.3. The van der Waals surface area contributed by atoms with Crippen LogP contribution in [0.3, 0.4) is 0 Å². The highest BCUT2D eigenvalue weighted by Gasteiger charge is 2.08. The Balaban J connectivity index is 1.33. The SMILES string of the molecule is O=C(Nc1ccc(Cl)cc1)c1cnc(NCCc2c[nH]c3ccccc23)nc1. The van der Waals surface area contributed by atoms with Gasteiger partial charge < -0.3 is 15.6 Å². The van der Waals surface area contributed by atoms with E-state index in [1.165, 1.54) is 23.3 Å². The van der Waals surface area contributed by atoms with Crippen molar-refractivity contribution in [1.82, 2.24) is 15.0 Å². The highest BCUT2D eigenvalue weighted by atomic mass is 35.5. The number of amides is 1. The third kappa shape index (κ3) is 4.13. The van der Waals surface area contributed by atoms with E-state index >= 15 is 0 Å². The Labute approximate surface area is 167 Å². The lowest BCUT2D eigenvalue weighted by atomic mass is 10.1. The molecule has 7 heteroatoms. The first-order valence-corrected chi connectivity index (χ1v) is 9.25. The number of nitrogens with one attached hydrogen (secondary N) is 3. The van der Waals surface area contributed by atoms with Gasteiger partial charge >= 0.3 is 0 Å². The van der Waals surface area contributed by atoms with Crippen LogP contribution in [-0.2, 0) is 6.42 Å². The monoisotopic (exact) mass is 391 g/mol. The van der Waals surface area contributed by atoms with Crippen LogP contribution in [0.5, 0.6) is 0 Å². The summed E-state index contributed by atoms with van der Waals surface area (Å²) in [5, 5.41) is 7.81. The summed E-state index contributed by atoms with van der Waals surface area (Å²) >= 11 is 5.84. The Morgan fingerprint density at radius 1 is 1.04 bits per heavy atom. The maximum Gasteiger partial charge on any atom is 0.258 e. The molecule has 0 bridgehead atoms. The van der Waals surface area contributed by atoms with Crippen molar-refractivity contribution in [3.63, 3.8) is 0 Å². The largest absolute Gasteiger partial charge is 0.361 e. The third-order valence-corrected chi connectivity index (χ3v) is 4.62. The summed E-state index contributed by atoms with van der Waals surface area (Å²) in [5.74, 6) is 0.218. The molecule has 1 amide bonds. The Morgan fingerprint density at radius 3 is 2.57 bits per heavy atom. The van der Waals surface area contributed by atoms with E-state index in [-0.39, 0.29) is 5.91 Å². The lowest BCUT2D eigenvalue weighted by Crippen LogP contribution is -2.14. The number of nitrogens with zero attached hydrogens (tertiary/aromatic N) is 2. The second-order valence-electron chi connectivity index (χ2n) is 6.29. The Hall–Kier alpha value is -3.38. The molecule has 0 aliphatic rings. The number of carbonyl (C=O) groups is 1. The first-order valence-electron chi connectivity index (χ1n) is 8.87. The molecular weight excluding hydrogens is 374 g/mol. The van der Waals surface area contributed by atoms with E-state index in [0.717, 1.165) is 11.9 Å². The Morgan fingerprint density at radius 2 is 1.79 bits per heavy atom. The number of anilines is 2. The molecule has 140 valence electrons. The average molecular weight is 392 g/mol. The second-order valence-corrected chi connectivity index (χ2v) is 6.73. The molecular formula is C21H18ClN5O. The second kappa shape index (κ2) is 8.10. The van der Waals surface area contributed by atoms with Crippen LogP contribution in [0.2, 0.25) is 5.02 Å². The van der Waals surface area contributed by atoms with Gasteiger partial charge in [-0.15, -0.1) is 0 Å². The first kappa shape index (κ1) is 18.0. The van der Waals surface area contributed by atoms with Gasteiger partial charge in [0.2, 0.25) is 5.95 Å². The summed E-state index contributed by atoms with van der Waals surface area (Å²) in [4.78, 5) is 24.0. The predicted molar refractivity (Wildman–Crippen MR) is 112 cm³/mol. The summed E-state index contributed by atoms with van der Waals surface area (Å²) in [6.07, 6.45) is 5.88. The number of benzene rings is 2. The molecule has 2 aromatic heterocycles. The minimum atomic E-state index is -0.271. The summed E-state index contributed by atoms with van der Waals surface area (Å²) in [5.41, 5.74) is 3.42. The van der Waals surface area contributed by atoms with Crippen molar-refractivity contribution in [1.29, 1.82) is 0 Å². The molecule has 28 heavy (non-hydrogen) atoms. The van der Waals surface area contributed by atoms with Crippen LogP contribution in [0.1, 0.15) is 15.9 Å². The summed E-state index contributed by atoms with van der Waals surface area (Å²) in [6.45, 7) is 0.693. The zero-order valence-electron chi connectivity index (χ0n) is 14.9. The Kier molecular flexibility index (Phi) is 5.21. The van der Waals surface area contributed by atoms with Crippen LogP contribution in [0.4, 0.5) is 11.6 Å². The number of fused-ring (bicyclic) bond motifs is 1. The summed E-state index contributed by atoms with van der Waals surface area (Å²) < 4.78 is 0. The van der Waals surface area contributed by atoms with Gasteiger partial charge in [-0.3, -0.25) is 4.79 Å². The molecule has 0 aliphatic carbocycles. The van der Waals surface area contributed by atoms with Gasteiger partial charge in [0.15, 0.2) is 0 Å². The molecule has 6 nitrogen and oxygen atoms in total. The van der Waals surface area contributed by atoms with Crippen molar-refractivity contribution < 1.29 is 4.79 Å². The van der Waals surface area contributed by atoms with Gasteiger partial charge in [0, 0.05) is 46.7 Å². The number of para-hydroxylation sites is 1. The number of halogens is 1. The fourth-order valence-electron chi connectivity index (χ4n) is 2.92. The van der Waals surface area contributed by atoms with Gasteiger partial charge in [0.1, 0.15) is 0 Å². The number of aromatic nitrogens is 3. The van der Waals surface area contributed by atoms with Crippen LogP contribution in [0, 0.1) is 0 Å². The highest BCUT2D eigenvalue weighted by molar-refractivity contribution is 6.30. The lowest BCUT2D eigenvalue weighted by molar-refractivity contribution is 0.102. The molecule has 2 aromatic carbocycles. The van der Waals surface area contributed by atoms with Crippen molar-refractivity contribution in [2.24, 2.45) is 0 Å². The van der Waals surface area contributed by atoms with Crippen LogP contribution in [-0.4, -0.2) is 27.4 Å². The van der Waals surface area contributed by atoms with E-state index in [1.54, 1.807) is 24.3 Å². The number of rotatable bonds is 6. The molecule has 2 heterocycles. The van der Waals surface area contributed by atoms with Gasteiger partial charge in [0.25, 0.3) is 5.91 Å².